The Morgan fingerprint density at radius 2 is 1.77 bits per heavy atom. The number of ketones is 1. The van der Waals surface area contributed by atoms with Gasteiger partial charge in [-0.05, 0) is 43.5 Å². The number of anilines is 1. The molecule has 138 valence electrons. The van der Waals surface area contributed by atoms with Crippen molar-refractivity contribution >= 4 is 29.2 Å². The van der Waals surface area contributed by atoms with E-state index in [4.69, 9.17) is 0 Å². The molecule has 1 aliphatic carbocycles. The molecule has 2 fully saturated rings. The Morgan fingerprint density at radius 1 is 1.12 bits per heavy atom. The molecule has 1 N–H and O–H groups in total. The third-order valence-electron chi connectivity index (χ3n) is 5.32. The number of benzene rings is 1. The quantitative estimate of drug-likeness (QED) is 0.627. The van der Waals surface area contributed by atoms with Crippen molar-refractivity contribution in [1.82, 2.24) is 4.90 Å². The van der Waals surface area contributed by atoms with E-state index in [-0.39, 0.29) is 36.5 Å². The van der Waals surface area contributed by atoms with Gasteiger partial charge in [0.15, 0.2) is 5.78 Å². The van der Waals surface area contributed by atoms with E-state index in [1.54, 1.807) is 24.3 Å². The van der Waals surface area contributed by atoms with Crippen LogP contribution in [0.15, 0.2) is 24.3 Å². The van der Waals surface area contributed by atoms with E-state index in [0.717, 1.165) is 37.0 Å². The largest absolute Gasteiger partial charge is 0.326 e. The van der Waals surface area contributed by atoms with E-state index in [1.165, 1.54) is 0 Å². The van der Waals surface area contributed by atoms with Crippen molar-refractivity contribution in [2.45, 2.75) is 51.9 Å². The maximum absolute atomic E-state index is 12.6. The zero-order chi connectivity index (χ0) is 18.7. The number of nitrogens with zero attached hydrogens (tertiary/aromatic N) is 1. The predicted octanol–water partition coefficient (Wildman–Crippen LogP) is 2.93. The molecule has 6 heteroatoms. The van der Waals surface area contributed by atoms with E-state index in [2.05, 4.69) is 5.32 Å². The van der Waals surface area contributed by atoms with Gasteiger partial charge in [-0.15, -0.1) is 0 Å². The molecule has 0 atom stereocenters. The molecule has 0 aromatic heterocycles. The molecule has 0 bridgehead atoms. The van der Waals surface area contributed by atoms with Crippen molar-refractivity contribution in [1.29, 1.82) is 0 Å². The number of carbonyl (C=O) groups excluding carboxylic acids is 4. The molecule has 3 rings (SSSR count). The smallest absolute Gasteiger partial charge is 0.236 e. The van der Waals surface area contributed by atoms with Gasteiger partial charge in [0.2, 0.25) is 17.7 Å². The van der Waals surface area contributed by atoms with Gasteiger partial charge in [-0.3, -0.25) is 24.1 Å². The molecule has 6 nitrogen and oxygen atoms in total. The number of carbonyl (C=O) groups is 4. The van der Waals surface area contributed by atoms with Crippen LogP contribution in [-0.4, -0.2) is 34.9 Å². The number of hydrogen-bond donors (Lipinski definition) is 1. The van der Waals surface area contributed by atoms with Crippen LogP contribution in [0.3, 0.4) is 0 Å². The van der Waals surface area contributed by atoms with Gasteiger partial charge in [0.25, 0.3) is 0 Å². The van der Waals surface area contributed by atoms with Gasteiger partial charge in [0.1, 0.15) is 0 Å². The van der Waals surface area contributed by atoms with Crippen molar-refractivity contribution in [2.75, 3.05) is 11.9 Å². The molecule has 1 aliphatic heterocycles. The summed E-state index contributed by atoms with van der Waals surface area (Å²) in [7, 11) is 0. The van der Waals surface area contributed by atoms with E-state index in [0.29, 0.717) is 17.7 Å². The molecule has 1 aromatic carbocycles. The van der Waals surface area contributed by atoms with Gasteiger partial charge in [-0.1, -0.05) is 19.8 Å². The lowest BCUT2D eigenvalue weighted by atomic mass is 9.84. The Balaban J connectivity index is 1.64. The monoisotopic (exact) mass is 356 g/mol. The Bertz CT molecular complexity index is 733. The third-order valence-corrected chi connectivity index (χ3v) is 5.32. The first-order valence-corrected chi connectivity index (χ1v) is 9.23. The minimum atomic E-state index is -0.551. The minimum absolute atomic E-state index is 0.0679. The van der Waals surface area contributed by atoms with E-state index >= 15 is 0 Å². The van der Waals surface area contributed by atoms with Crippen LogP contribution in [-0.2, 0) is 14.4 Å². The molecule has 1 aromatic rings. The summed E-state index contributed by atoms with van der Waals surface area (Å²) in [5.41, 5.74) is 0.495. The van der Waals surface area contributed by atoms with Gasteiger partial charge in [0.05, 0.1) is 12.0 Å². The topological polar surface area (TPSA) is 83.6 Å². The standard InChI is InChI=1S/C20H24N2O4/c1-2-5-17(24)21-15-8-6-14(7-9-15)16(23)13-22-18(25)12-20(19(22)26)10-3-4-11-20/h6-9H,2-5,10-13H2,1H3,(H,21,24). The second-order valence-electron chi connectivity index (χ2n) is 7.25. The Hall–Kier alpha value is -2.50. The van der Waals surface area contributed by atoms with Crippen LogP contribution in [0.4, 0.5) is 5.69 Å². The van der Waals surface area contributed by atoms with Crippen LogP contribution in [0.25, 0.3) is 0 Å². The van der Waals surface area contributed by atoms with Crippen LogP contribution in [0.2, 0.25) is 0 Å². The maximum atomic E-state index is 12.6. The summed E-state index contributed by atoms with van der Waals surface area (Å²) >= 11 is 0. The number of likely N-dealkylation sites (tertiary alicyclic amines) is 1. The molecule has 2 aliphatic rings. The average Bonchev–Trinajstić information content (AvgIpc) is 3.17. The van der Waals surface area contributed by atoms with Gasteiger partial charge >= 0.3 is 0 Å². The number of nitrogens with one attached hydrogen (secondary N) is 1. The summed E-state index contributed by atoms with van der Waals surface area (Å²) in [5, 5.41) is 2.76. The molecule has 1 saturated heterocycles. The maximum Gasteiger partial charge on any atom is 0.236 e. The lowest BCUT2D eigenvalue weighted by Gasteiger charge is -2.20. The number of Topliss-reactive ketones (excluding diaryl/α,β-unsaturated/α-hetero) is 1. The molecule has 1 heterocycles. The summed E-state index contributed by atoms with van der Waals surface area (Å²) in [4.78, 5) is 50.1. The lowest BCUT2D eigenvalue weighted by molar-refractivity contribution is -0.140. The van der Waals surface area contributed by atoms with Crippen molar-refractivity contribution in [2.24, 2.45) is 5.41 Å². The van der Waals surface area contributed by atoms with E-state index in [1.807, 2.05) is 6.92 Å². The van der Waals surface area contributed by atoms with Gasteiger partial charge in [-0.2, -0.15) is 0 Å². The third kappa shape index (κ3) is 3.54. The van der Waals surface area contributed by atoms with Crippen LogP contribution in [0.5, 0.6) is 0 Å². The SMILES string of the molecule is CCCC(=O)Nc1ccc(C(=O)CN2C(=O)CC3(CCCC3)C2=O)cc1. The van der Waals surface area contributed by atoms with E-state index in [9.17, 15) is 19.2 Å². The summed E-state index contributed by atoms with van der Waals surface area (Å²) in [5.74, 6) is -0.764. The zero-order valence-electron chi connectivity index (χ0n) is 15.0. The fourth-order valence-corrected chi connectivity index (χ4v) is 3.89. The van der Waals surface area contributed by atoms with Crippen molar-refractivity contribution < 1.29 is 19.2 Å². The minimum Gasteiger partial charge on any atom is -0.326 e. The van der Waals surface area contributed by atoms with Crippen molar-refractivity contribution in [3.8, 4) is 0 Å². The van der Waals surface area contributed by atoms with E-state index < -0.39 is 5.41 Å². The van der Waals surface area contributed by atoms with Gasteiger partial charge < -0.3 is 5.32 Å². The molecule has 26 heavy (non-hydrogen) atoms. The second-order valence-corrected chi connectivity index (χ2v) is 7.25. The summed E-state index contributed by atoms with van der Waals surface area (Å²) < 4.78 is 0. The Morgan fingerprint density at radius 3 is 2.38 bits per heavy atom. The molecular weight excluding hydrogens is 332 g/mol. The molecule has 1 spiro atoms. The van der Waals surface area contributed by atoms with Crippen molar-refractivity contribution in [3.05, 3.63) is 29.8 Å². The number of imide groups is 1. The molecule has 3 amide bonds. The Kier molecular flexibility index (Phi) is 5.20. The number of rotatable bonds is 6. The van der Waals surface area contributed by atoms with Crippen LogP contribution >= 0.6 is 0 Å². The summed E-state index contributed by atoms with van der Waals surface area (Å²) in [6.45, 7) is 1.72. The summed E-state index contributed by atoms with van der Waals surface area (Å²) in [6.07, 6.45) is 4.87. The van der Waals surface area contributed by atoms with Crippen LogP contribution in [0, 0.1) is 5.41 Å². The highest BCUT2D eigenvalue weighted by molar-refractivity contribution is 6.10. The molecule has 0 radical (unpaired) electrons. The number of amides is 3. The number of hydrogen-bond acceptors (Lipinski definition) is 4. The highest BCUT2D eigenvalue weighted by Crippen LogP contribution is 2.46. The van der Waals surface area contributed by atoms with Crippen LogP contribution in [0.1, 0.15) is 62.2 Å². The molecule has 0 unspecified atom stereocenters. The highest BCUT2D eigenvalue weighted by Gasteiger charge is 2.52. The first-order valence-electron chi connectivity index (χ1n) is 9.23. The zero-order valence-corrected chi connectivity index (χ0v) is 15.0. The highest BCUT2D eigenvalue weighted by atomic mass is 16.2. The first-order chi connectivity index (χ1) is 12.4. The predicted molar refractivity (Wildman–Crippen MR) is 96.5 cm³/mol. The van der Waals surface area contributed by atoms with Gasteiger partial charge in [-0.25, -0.2) is 0 Å². The fraction of sp³-hybridized carbons (Fsp3) is 0.500. The van der Waals surface area contributed by atoms with Crippen LogP contribution < -0.4 is 5.32 Å². The lowest BCUT2D eigenvalue weighted by Crippen LogP contribution is -2.38. The summed E-state index contributed by atoms with van der Waals surface area (Å²) in [6, 6.07) is 6.54. The first kappa shape index (κ1) is 18.3. The Labute approximate surface area is 152 Å². The van der Waals surface area contributed by atoms with Crippen molar-refractivity contribution in [3.63, 3.8) is 0 Å². The van der Waals surface area contributed by atoms with Gasteiger partial charge in [0, 0.05) is 24.1 Å². The normalized spacial score (nSPS) is 18.6. The molecular formula is C20H24N2O4. The fourth-order valence-electron chi connectivity index (χ4n) is 3.89. The average molecular weight is 356 g/mol. The molecule has 1 saturated carbocycles. The second kappa shape index (κ2) is 7.40.